The molecule has 2 rings (SSSR count). The third-order valence-electron chi connectivity index (χ3n) is 4.19. The number of aryl methyl sites for hydroxylation is 1. The van der Waals surface area contributed by atoms with Gasteiger partial charge in [0.15, 0.2) is 0 Å². The Bertz CT molecular complexity index is 986. The second kappa shape index (κ2) is 8.68. The average molecular weight is 420 g/mol. The lowest BCUT2D eigenvalue weighted by molar-refractivity contribution is -0.132. The molecule has 1 heterocycles. The number of hydrogen-bond acceptors (Lipinski definition) is 6. The number of benzene rings is 1. The second-order valence-electron chi connectivity index (χ2n) is 7.28. The number of nitrogens with one attached hydrogen (secondary N) is 3. The molecule has 1 aromatic carbocycles. The van der Waals surface area contributed by atoms with E-state index in [1.165, 1.54) is 25.5 Å². The highest BCUT2D eigenvalue weighted by Crippen LogP contribution is 2.18. The first kappa shape index (κ1) is 22.5. The summed E-state index contributed by atoms with van der Waals surface area (Å²) >= 11 is 0. The Morgan fingerprint density at radius 1 is 1.10 bits per heavy atom. The van der Waals surface area contributed by atoms with Crippen molar-refractivity contribution in [2.24, 2.45) is 0 Å². The van der Waals surface area contributed by atoms with E-state index in [1.54, 1.807) is 12.1 Å². The van der Waals surface area contributed by atoms with Crippen molar-refractivity contribution in [1.82, 2.24) is 20.5 Å². The number of hydroxylamine groups is 1. The quantitative estimate of drug-likeness (QED) is 0.389. The van der Waals surface area contributed by atoms with Crippen molar-refractivity contribution in [1.29, 1.82) is 0 Å². The lowest BCUT2D eigenvalue weighted by Crippen LogP contribution is -2.64. The van der Waals surface area contributed by atoms with Gasteiger partial charge in [0.1, 0.15) is 6.04 Å². The largest absolute Gasteiger partial charge is 0.338 e. The number of hydrogen-bond donors (Lipinski definition) is 4. The van der Waals surface area contributed by atoms with E-state index in [2.05, 4.69) is 15.0 Å². The Labute approximate surface area is 169 Å². The molecule has 156 valence electrons. The van der Waals surface area contributed by atoms with Gasteiger partial charge in [-0.1, -0.05) is 29.8 Å². The first-order valence-electron chi connectivity index (χ1n) is 8.70. The van der Waals surface area contributed by atoms with Crippen molar-refractivity contribution in [2.45, 2.75) is 32.4 Å². The molecule has 0 spiro atoms. The fourth-order valence-electron chi connectivity index (χ4n) is 2.81. The summed E-state index contributed by atoms with van der Waals surface area (Å²) in [6.45, 7) is 4.80. The molecule has 0 radical (unpaired) electrons. The van der Waals surface area contributed by atoms with Gasteiger partial charge in [-0.05, 0) is 32.9 Å². The van der Waals surface area contributed by atoms with Crippen molar-refractivity contribution in [3.8, 4) is 11.3 Å². The topological polar surface area (TPSA) is 137 Å². The zero-order chi connectivity index (χ0) is 21.8. The minimum atomic E-state index is -3.68. The summed E-state index contributed by atoms with van der Waals surface area (Å²) in [5, 5.41) is 11.4. The molecule has 29 heavy (non-hydrogen) atoms. The van der Waals surface area contributed by atoms with Gasteiger partial charge in [0, 0.05) is 11.8 Å². The van der Waals surface area contributed by atoms with Crippen LogP contribution in [0, 0.1) is 6.92 Å². The molecule has 0 bridgehead atoms. The molecule has 0 fully saturated rings. The van der Waals surface area contributed by atoms with Gasteiger partial charge in [0.05, 0.1) is 23.1 Å². The van der Waals surface area contributed by atoms with E-state index in [9.17, 15) is 18.0 Å². The summed E-state index contributed by atoms with van der Waals surface area (Å²) in [5.41, 5.74) is 2.88. The molecule has 2 amide bonds. The number of sulfonamides is 1. The van der Waals surface area contributed by atoms with E-state index in [1.807, 2.05) is 31.2 Å². The van der Waals surface area contributed by atoms with E-state index in [0.717, 1.165) is 17.4 Å². The highest BCUT2D eigenvalue weighted by atomic mass is 32.2. The van der Waals surface area contributed by atoms with Crippen LogP contribution in [0.2, 0.25) is 0 Å². The van der Waals surface area contributed by atoms with Crippen LogP contribution < -0.4 is 15.5 Å². The Balaban J connectivity index is 2.22. The molecular weight excluding hydrogens is 396 g/mol. The number of pyridine rings is 1. The van der Waals surface area contributed by atoms with E-state index < -0.39 is 33.4 Å². The van der Waals surface area contributed by atoms with Gasteiger partial charge < -0.3 is 5.32 Å². The normalized spacial score (nSPS) is 12.9. The molecule has 0 aliphatic carbocycles. The van der Waals surface area contributed by atoms with Gasteiger partial charge in [0.2, 0.25) is 10.0 Å². The predicted octanol–water partition coefficient (Wildman–Crippen LogP) is 0.989. The van der Waals surface area contributed by atoms with Gasteiger partial charge in [-0.25, -0.2) is 18.6 Å². The van der Waals surface area contributed by atoms with E-state index in [-0.39, 0.29) is 5.56 Å². The lowest BCUT2D eigenvalue weighted by Gasteiger charge is -2.33. The molecule has 0 aliphatic rings. The van der Waals surface area contributed by atoms with Gasteiger partial charge in [-0.2, -0.15) is 0 Å². The van der Waals surface area contributed by atoms with Crippen LogP contribution in [-0.2, 0) is 14.8 Å². The SMILES string of the molecule is Cc1ccc(-c2ccc(C(=O)N[C@H](C(=O)NO)C(C)(C)NS(C)(=O)=O)cn2)cc1. The zero-order valence-corrected chi connectivity index (χ0v) is 17.4. The van der Waals surface area contributed by atoms with Crippen molar-refractivity contribution in [3.05, 3.63) is 53.7 Å². The highest BCUT2D eigenvalue weighted by Gasteiger charge is 2.38. The summed E-state index contributed by atoms with van der Waals surface area (Å²) in [6.07, 6.45) is 2.29. The predicted molar refractivity (Wildman–Crippen MR) is 108 cm³/mol. The molecule has 10 heteroatoms. The number of carbonyl (C=O) groups is 2. The standard InChI is InChI=1S/C19H24N4O5S/c1-12-5-7-13(8-6-12)15-10-9-14(11-20-15)17(24)21-16(18(25)22-26)19(2,3)23-29(4,27)28/h5-11,16,23,26H,1-4H3,(H,21,24)(H,22,25)/t16-/m1/s1. The lowest BCUT2D eigenvalue weighted by atomic mass is 9.95. The van der Waals surface area contributed by atoms with Crippen LogP contribution in [0.15, 0.2) is 42.6 Å². The van der Waals surface area contributed by atoms with E-state index >= 15 is 0 Å². The number of nitrogens with zero attached hydrogens (tertiary/aromatic N) is 1. The maximum atomic E-state index is 12.6. The molecule has 0 unspecified atom stereocenters. The molecular formula is C19H24N4O5S. The third-order valence-corrected chi connectivity index (χ3v) is 5.09. The smallest absolute Gasteiger partial charge is 0.267 e. The summed E-state index contributed by atoms with van der Waals surface area (Å²) in [4.78, 5) is 28.9. The average Bonchev–Trinajstić information content (AvgIpc) is 2.64. The third kappa shape index (κ3) is 6.08. The van der Waals surface area contributed by atoms with Crippen LogP contribution in [-0.4, -0.2) is 48.3 Å². The maximum Gasteiger partial charge on any atom is 0.267 e. The Kier molecular flexibility index (Phi) is 6.73. The molecule has 9 nitrogen and oxygen atoms in total. The van der Waals surface area contributed by atoms with Crippen LogP contribution >= 0.6 is 0 Å². The van der Waals surface area contributed by atoms with Gasteiger partial charge in [-0.3, -0.25) is 19.8 Å². The van der Waals surface area contributed by atoms with Crippen LogP contribution in [0.4, 0.5) is 0 Å². The monoisotopic (exact) mass is 420 g/mol. The van der Waals surface area contributed by atoms with Crippen LogP contribution in [0.1, 0.15) is 29.8 Å². The van der Waals surface area contributed by atoms with Crippen molar-refractivity contribution < 1.29 is 23.2 Å². The second-order valence-corrected chi connectivity index (χ2v) is 9.03. The molecule has 1 atom stereocenters. The molecule has 1 aromatic heterocycles. The summed E-state index contributed by atoms with van der Waals surface area (Å²) in [6, 6.07) is 9.56. The van der Waals surface area contributed by atoms with Crippen LogP contribution in [0.5, 0.6) is 0 Å². The first-order chi connectivity index (χ1) is 13.4. The Morgan fingerprint density at radius 2 is 1.72 bits per heavy atom. The van der Waals surface area contributed by atoms with Gasteiger partial charge in [0.25, 0.3) is 11.8 Å². The number of carbonyl (C=O) groups excluding carboxylic acids is 2. The fourth-order valence-corrected chi connectivity index (χ4v) is 3.89. The summed E-state index contributed by atoms with van der Waals surface area (Å²) < 4.78 is 25.4. The summed E-state index contributed by atoms with van der Waals surface area (Å²) in [5.74, 6) is -1.62. The van der Waals surface area contributed by atoms with E-state index in [0.29, 0.717) is 5.69 Å². The molecule has 0 saturated heterocycles. The minimum absolute atomic E-state index is 0.173. The van der Waals surface area contributed by atoms with Crippen LogP contribution in [0.25, 0.3) is 11.3 Å². The molecule has 4 N–H and O–H groups in total. The molecule has 0 aliphatic heterocycles. The summed E-state index contributed by atoms with van der Waals surface area (Å²) in [7, 11) is -3.68. The molecule has 0 saturated carbocycles. The van der Waals surface area contributed by atoms with Gasteiger partial charge >= 0.3 is 0 Å². The van der Waals surface area contributed by atoms with Gasteiger partial charge in [-0.15, -0.1) is 0 Å². The fraction of sp³-hybridized carbons (Fsp3) is 0.316. The number of aromatic nitrogens is 1. The minimum Gasteiger partial charge on any atom is -0.338 e. The van der Waals surface area contributed by atoms with Crippen LogP contribution in [0.3, 0.4) is 0 Å². The van der Waals surface area contributed by atoms with Crippen molar-refractivity contribution >= 4 is 21.8 Å². The number of amides is 2. The van der Waals surface area contributed by atoms with E-state index in [4.69, 9.17) is 5.21 Å². The first-order valence-corrected chi connectivity index (χ1v) is 10.6. The molecule has 2 aromatic rings. The highest BCUT2D eigenvalue weighted by molar-refractivity contribution is 7.88. The van der Waals surface area contributed by atoms with Crippen molar-refractivity contribution in [3.63, 3.8) is 0 Å². The Morgan fingerprint density at radius 3 is 2.21 bits per heavy atom. The van der Waals surface area contributed by atoms with Crippen molar-refractivity contribution in [2.75, 3.05) is 6.26 Å². The Hall–Kier alpha value is -2.82. The maximum absolute atomic E-state index is 12.6. The number of rotatable bonds is 7. The zero-order valence-electron chi connectivity index (χ0n) is 16.6.